The van der Waals surface area contributed by atoms with Gasteiger partial charge in [0.1, 0.15) is 0 Å². The van der Waals surface area contributed by atoms with E-state index in [0.29, 0.717) is 5.92 Å². The molecule has 0 saturated heterocycles. The summed E-state index contributed by atoms with van der Waals surface area (Å²) in [6.07, 6.45) is 21.5. The maximum Gasteiger partial charge on any atom is 0.0215 e. The first kappa shape index (κ1) is 61.4. The molecule has 16 rings (SSSR count). The largest absolute Gasteiger partial charge is 0.304 e. The van der Waals surface area contributed by atoms with Gasteiger partial charge in [0, 0.05) is 48.0 Å². The fourth-order valence-corrected chi connectivity index (χ4v) is 18.2. The van der Waals surface area contributed by atoms with Gasteiger partial charge in [-0.3, -0.25) is 0 Å². The molecule has 0 amide bonds. The van der Waals surface area contributed by atoms with Crippen LogP contribution in [0.5, 0.6) is 0 Å². The van der Waals surface area contributed by atoms with Crippen LogP contribution in [-0.4, -0.2) is 4.98 Å². The van der Waals surface area contributed by atoms with E-state index in [1.807, 2.05) is 0 Å². The number of hydrogen-bond acceptors (Lipinski definition) is 1. The van der Waals surface area contributed by atoms with Gasteiger partial charge in [0.05, 0.1) is 0 Å². The Kier molecular flexibility index (Phi) is 15.8. The monoisotopic (exact) mass is 1390 g/mol. The molecule has 1 fully saturated rings. The van der Waals surface area contributed by atoms with Crippen molar-refractivity contribution in [1.29, 1.82) is 0 Å². The summed E-state index contributed by atoms with van der Waals surface area (Å²) in [5, 5.41) is 2.58. The quantitative estimate of drug-likeness (QED) is 0.0694. The van der Waals surface area contributed by atoms with Gasteiger partial charge >= 0.3 is 0 Å². The van der Waals surface area contributed by atoms with E-state index >= 15 is 0 Å². The van der Waals surface area contributed by atoms with Crippen LogP contribution in [0.15, 0.2) is 200 Å². The molecular formula is C91H88IrN-. The number of benzene rings is 10. The summed E-state index contributed by atoms with van der Waals surface area (Å²) in [5.74, 6) is 0.597. The maximum atomic E-state index is 5.20. The van der Waals surface area contributed by atoms with Crippen molar-refractivity contribution < 1.29 is 20.1 Å². The molecule has 2 heteroatoms. The van der Waals surface area contributed by atoms with Crippen molar-refractivity contribution in [3.8, 4) is 100 Å². The molecular weight excluding hydrogens is 1300 g/mol. The van der Waals surface area contributed by atoms with Crippen molar-refractivity contribution in [3.05, 3.63) is 256 Å². The molecule has 5 aliphatic carbocycles. The van der Waals surface area contributed by atoms with Gasteiger partial charge in [-0.25, -0.2) is 0 Å². The van der Waals surface area contributed by atoms with E-state index in [9.17, 15) is 0 Å². The average molecular weight is 1390 g/mol. The molecule has 11 aromatic rings. The number of rotatable bonds is 16. The smallest absolute Gasteiger partial charge is 0.0215 e. The molecule has 0 aliphatic heterocycles. The minimum Gasteiger partial charge on any atom is -0.304 e. The Balaban J connectivity index is 0.00000716. The van der Waals surface area contributed by atoms with Crippen LogP contribution in [0, 0.1) is 6.07 Å². The Bertz CT molecular complexity index is 4740. The van der Waals surface area contributed by atoms with Crippen LogP contribution in [0.4, 0.5) is 0 Å². The van der Waals surface area contributed by atoms with Crippen molar-refractivity contribution in [1.82, 2.24) is 4.98 Å². The number of aromatic nitrogens is 1. The number of hydrogen-bond donors (Lipinski definition) is 0. The minimum atomic E-state index is -0.181. The molecule has 1 heterocycles. The van der Waals surface area contributed by atoms with Gasteiger partial charge in [-0.1, -0.05) is 266 Å². The zero-order valence-electron chi connectivity index (χ0n) is 56.0. The molecule has 1 aromatic heterocycles. The van der Waals surface area contributed by atoms with Crippen LogP contribution in [0.2, 0.25) is 0 Å². The topological polar surface area (TPSA) is 12.9 Å². The molecule has 0 bridgehead atoms. The third-order valence-electron chi connectivity index (χ3n) is 23.5. The predicted molar refractivity (Wildman–Crippen MR) is 390 cm³/mol. The summed E-state index contributed by atoms with van der Waals surface area (Å²) in [6.45, 7) is 19.3. The summed E-state index contributed by atoms with van der Waals surface area (Å²) in [4.78, 5) is 5.20. The Morgan fingerprint density at radius 1 is 0.366 bits per heavy atom. The molecule has 1 saturated carbocycles. The molecule has 0 spiro atoms. The van der Waals surface area contributed by atoms with E-state index in [1.54, 1.807) is 11.1 Å². The van der Waals surface area contributed by atoms with Gasteiger partial charge in [-0.05, 0) is 218 Å². The third-order valence-corrected chi connectivity index (χ3v) is 23.5. The van der Waals surface area contributed by atoms with Gasteiger partial charge < -0.3 is 4.98 Å². The Labute approximate surface area is 568 Å². The van der Waals surface area contributed by atoms with E-state index in [4.69, 9.17) is 4.98 Å². The van der Waals surface area contributed by atoms with Gasteiger partial charge in [-0.15, -0.1) is 35.4 Å². The SMILES string of the molecule is CCCCCCC1(CCCCCC)c2ccccc2-c2ccc(-c3ccc4c(c3)C(C)(C)c3cc(-c5ccc6c(c5)C(C)(C)c5cc(-c7ccc8c(c7)C(C)(C)c7cc(-c9cc[c-]c(-c%10ncc(C%11CCCCC%11)c%11ccccc%10%11)c9)ccc7-8)ccc5-6)ccc3-4)cc21.[Ir]. The van der Waals surface area contributed by atoms with Crippen LogP contribution < -0.4 is 0 Å². The maximum absolute atomic E-state index is 5.20. The Morgan fingerprint density at radius 3 is 1.16 bits per heavy atom. The number of pyridine rings is 1. The fourth-order valence-electron chi connectivity index (χ4n) is 18.2. The van der Waals surface area contributed by atoms with Crippen molar-refractivity contribution in [2.45, 2.75) is 179 Å². The molecule has 10 aromatic carbocycles. The van der Waals surface area contributed by atoms with Crippen molar-refractivity contribution >= 4 is 10.8 Å². The Morgan fingerprint density at radius 2 is 0.731 bits per heavy atom. The second-order valence-electron chi connectivity index (χ2n) is 29.9. The van der Waals surface area contributed by atoms with Crippen LogP contribution in [-0.2, 0) is 41.8 Å². The number of fused-ring (bicyclic) bond motifs is 13. The summed E-state index contributed by atoms with van der Waals surface area (Å²) in [5.41, 5.74) is 35.8. The van der Waals surface area contributed by atoms with Crippen LogP contribution in [0.1, 0.15) is 208 Å². The van der Waals surface area contributed by atoms with Crippen molar-refractivity contribution in [2.24, 2.45) is 0 Å². The number of nitrogens with zero attached hydrogens (tertiary/aromatic N) is 1. The van der Waals surface area contributed by atoms with Gasteiger partial charge in [0.25, 0.3) is 0 Å². The second kappa shape index (κ2) is 23.9. The molecule has 1 nitrogen and oxygen atoms in total. The summed E-state index contributed by atoms with van der Waals surface area (Å²) < 4.78 is 0. The third kappa shape index (κ3) is 10.0. The first-order valence-corrected chi connectivity index (χ1v) is 35.3. The van der Waals surface area contributed by atoms with Crippen LogP contribution in [0.25, 0.3) is 111 Å². The Hall–Kier alpha value is -7.74. The average Bonchev–Trinajstić information content (AvgIpc) is 1.59. The van der Waals surface area contributed by atoms with E-state index in [1.165, 1.54) is 235 Å². The molecule has 0 atom stereocenters. The van der Waals surface area contributed by atoms with Crippen molar-refractivity contribution in [3.63, 3.8) is 0 Å². The van der Waals surface area contributed by atoms with Crippen molar-refractivity contribution in [2.75, 3.05) is 0 Å². The molecule has 1 radical (unpaired) electrons. The van der Waals surface area contributed by atoms with Gasteiger partial charge in [0.2, 0.25) is 0 Å². The van der Waals surface area contributed by atoms with E-state index in [0.717, 1.165) is 11.3 Å². The minimum absolute atomic E-state index is 0. The molecule has 5 aliphatic rings. The molecule has 0 unspecified atom stereocenters. The van der Waals surface area contributed by atoms with Gasteiger partial charge in [0.15, 0.2) is 0 Å². The first-order chi connectivity index (χ1) is 44.8. The molecule has 93 heavy (non-hydrogen) atoms. The predicted octanol–water partition coefficient (Wildman–Crippen LogP) is 25.5. The first-order valence-electron chi connectivity index (χ1n) is 35.3. The van der Waals surface area contributed by atoms with Crippen LogP contribution in [0.3, 0.4) is 0 Å². The summed E-state index contributed by atoms with van der Waals surface area (Å²) in [6, 6.07) is 79.7. The van der Waals surface area contributed by atoms with E-state index in [2.05, 4.69) is 262 Å². The fraction of sp³-hybridized carbons (Fsp3) is 0.308. The van der Waals surface area contributed by atoms with Gasteiger partial charge in [-0.2, -0.15) is 0 Å². The normalized spacial score (nSPS) is 16.2. The van der Waals surface area contributed by atoms with Crippen LogP contribution >= 0.6 is 0 Å². The number of unbranched alkanes of at least 4 members (excludes halogenated alkanes) is 6. The molecule has 467 valence electrons. The summed E-state index contributed by atoms with van der Waals surface area (Å²) in [7, 11) is 0. The second-order valence-corrected chi connectivity index (χ2v) is 29.9. The summed E-state index contributed by atoms with van der Waals surface area (Å²) >= 11 is 0. The van der Waals surface area contributed by atoms with E-state index < -0.39 is 0 Å². The molecule has 0 N–H and O–H groups in total. The standard InChI is InChI=1S/C91H88N.Ir/c1-9-11-13-22-47-91(48-23-14-12-10-2)79-32-21-20-30-69(79)76-46-39-66(56-86(76)91)65-38-45-75-74-44-37-64(54-84(74)90(7,8)85(75)55-65)63-36-43-73-72-42-35-62(52-82(72)89(5,6)83(73)53-63)61-34-41-71-70-40-33-60(50-80(70)88(3,4)81(71)51-61)59-27-24-28-67(49-59)87-77-31-19-18-29-68(77)78(57-92-87)58-25-16-15-17-26-58;/h18-21,24,27,29-46,49-58H,9-17,22-23,25-26,47-48H2,1-8H3;/q-1;. The van der Waals surface area contributed by atoms with E-state index in [-0.39, 0.29) is 41.8 Å². The zero-order chi connectivity index (χ0) is 62.7. The zero-order valence-corrected chi connectivity index (χ0v) is 58.4.